The summed E-state index contributed by atoms with van der Waals surface area (Å²) in [5, 5.41) is 5.00. The number of nitrogens with zero attached hydrogens (tertiary/aromatic N) is 2. The lowest BCUT2D eigenvalue weighted by Gasteiger charge is -2.37. The Bertz CT molecular complexity index is 1040. The Kier molecular flexibility index (Phi) is 4.89. The maximum absolute atomic E-state index is 6.53. The molecule has 0 amide bonds. The van der Waals surface area contributed by atoms with Crippen molar-refractivity contribution in [3.05, 3.63) is 117 Å². The van der Waals surface area contributed by atoms with Gasteiger partial charge in [0.15, 0.2) is 0 Å². The van der Waals surface area contributed by atoms with E-state index in [4.69, 9.17) is 9.84 Å². The van der Waals surface area contributed by atoms with Gasteiger partial charge < -0.3 is 4.74 Å². The fourth-order valence-electron chi connectivity index (χ4n) is 4.09. The van der Waals surface area contributed by atoms with Crippen LogP contribution in [0.25, 0.3) is 0 Å². The molecular formula is C26H23IN2O. The van der Waals surface area contributed by atoms with Crippen LogP contribution in [0.2, 0.25) is 0 Å². The van der Waals surface area contributed by atoms with Crippen LogP contribution in [0.15, 0.2) is 97.1 Å². The molecule has 1 heterocycles. The molecule has 3 nitrogen and oxygen atoms in total. The van der Waals surface area contributed by atoms with Gasteiger partial charge in [-0.25, -0.2) is 4.68 Å². The molecule has 0 saturated heterocycles. The zero-order valence-corrected chi connectivity index (χ0v) is 19.0. The highest BCUT2D eigenvalue weighted by Crippen LogP contribution is 2.46. The van der Waals surface area contributed by atoms with Crippen molar-refractivity contribution in [1.29, 1.82) is 0 Å². The molecule has 0 N–H and O–H groups in total. The van der Waals surface area contributed by atoms with Gasteiger partial charge in [0.1, 0.15) is 14.8 Å². The molecule has 0 bridgehead atoms. The lowest BCUT2D eigenvalue weighted by atomic mass is 9.77. The van der Waals surface area contributed by atoms with Gasteiger partial charge in [-0.1, -0.05) is 91.0 Å². The fourth-order valence-corrected chi connectivity index (χ4v) is 4.57. The Hall–Kier alpha value is -2.60. The summed E-state index contributed by atoms with van der Waals surface area (Å²) < 4.78 is 9.53. The van der Waals surface area contributed by atoms with Gasteiger partial charge >= 0.3 is 0 Å². The molecule has 5 rings (SSSR count). The van der Waals surface area contributed by atoms with Crippen molar-refractivity contribution in [2.75, 3.05) is 0 Å². The zero-order chi connectivity index (χ0) is 20.6. The van der Waals surface area contributed by atoms with Gasteiger partial charge in [0.2, 0.25) is 5.88 Å². The summed E-state index contributed by atoms with van der Waals surface area (Å²) in [4.78, 5) is 0. The molecule has 1 aliphatic rings. The molecule has 4 aromatic rings. The Morgan fingerprint density at radius 2 is 1.23 bits per heavy atom. The van der Waals surface area contributed by atoms with Crippen molar-refractivity contribution in [3.63, 3.8) is 0 Å². The third kappa shape index (κ3) is 3.33. The van der Waals surface area contributed by atoms with Gasteiger partial charge in [-0.3, -0.25) is 0 Å². The summed E-state index contributed by atoms with van der Waals surface area (Å²) in [6.45, 7) is 2.17. The SMILES string of the molecule is CC1(Oc2cc(I)nn2C(c2ccccc2)(c2ccccc2)c2ccccc2)CC1. The van der Waals surface area contributed by atoms with E-state index < -0.39 is 5.54 Å². The smallest absolute Gasteiger partial charge is 0.214 e. The molecule has 150 valence electrons. The minimum Gasteiger partial charge on any atom is -0.471 e. The van der Waals surface area contributed by atoms with Crippen LogP contribution >= 0.6 is 22.6 Å². The maximum atomic E-state index is 6.53. The lowest BCUT2D eigenvalue weighted by Crippen LogP contribution is -2.39. The molecular weight excluding hydrogens is 483 g/mol. The van der Waals surface area contributed by atoms with Gasteiger partial charge in [0.25, 0.3) is 0 Å². The monoisotopic (exact) mass is 506 g/mol. The topological polar surface area (TPSA) is 27.1 Å². The Balaban J connectivity index is 1.86. The van der Waals surface area contributed by atoms with E-state index in [0.717, 1.165) is 39.1 Å². The molecule has 3 aromatic carbocycles. The summed E-state index contributed by atoms with van der Waals surface area (Å²) in [5.41, 5.74) is 2.69. The predicted molar refractivity (Wildman–Crippen MR) is 128 cm³/mol. The van der Waals surface area contributed by atoms with Gasteiger partial charge in [0, 0.05) is 6.07 Å². The number of halogens is 1. The predicted octanol–water partition coefficient (Wildman–Crippen LogP) is 6.26. The van der Waals surface area contributed by atoms with Crippen molar-refractivity contribution in [2.24, 2.45) is 0 Å². The second-order valence-electron chi connectivity index (χ2n) is 8.08. The number of rotatable bonds is 6. The number of benzene rings is 3. The third-order valence-electron chi connectivity index (χ3n) is 5.84. The molecule has 1 aromatic heterocycles. The van der Waals surface area contributed by atoms with E-state index in [1.165, 1.54) is 0 Å². The average molecular weight is 506 g/mol. The largest absolute Gasteiger partial charge is 0.471 e. The lowest BCUT2D eigenvalue weighted by molar-refractivity contribution is 0.171. The van der Waals surface area contributed by atoms with E-state index in [9.17, 15) is 0 Å². The quantitative estimate of drug-likeness (QED) is 0.228. The van der Waals surface area contributed by atoms with E-state index in [2.05, 4.69) is 125 Å². The highest BCUT2D eigenvalue weighted by atomic mass is 127. The molecule has 4 heteroatoms. The third-order valence-corrected chi connectivity index (χ3v) is 6.37. The van der Waals surface area contributed by atoms with Crippen molar-refractivity contribution < 1.29 is 4.74 Å². The van der Waals surface area contributed by atoms with Crippen LogP contribution in [0.1, 0.15) is 36.5 Å². The van der Waals surface area contributed by atoms with Crippen LogP contribution in [-0.2, 0) is 5.54 Å². The summed E-state index contributed by atoms with van der Waals surface area (Å²) in [6, 6.07) is 33.8. The summed E-state index contributed by atoms with van der Waals surface area (Å²) in [5.74, 6) is 0.802. The first kappa shape index (κ1) is 19.4. The van der Waals surface area contributed by atoms with E-state index in [1.807, 2.05) is 6.07 Å². The second-order valence-corrected chi connectivity index (χ2v) is 9.18. The van der Waals surface area contributed by atoms with Crippen LogP contribution in [0.3, 0.4) is 0 Å². The van der Waals surface area contributed by atoms with Crippen LogP contribution in [0.5, 0.6) is 5.88 Å². The number of hydrogen-bond acceptors (Lipinski definition) is 2. The van der Waals surface area contributed by atoms with Crippen LogP contribution in [0.4, 0.5) is 0 Å². The molecule has 0 radical (unpaired) electrons. The molecule has 0 spiro atoms. The summed E-state index contributed by atoms with van der Waals surface area (Å²) >= 11 is 2.28. The molecule has 1 saturated carbocycles. The minimum absolute atomic E-state index is 0.101. The first-order valence-electron chi connectivity index (χ1n) is 10.2. The highest BCUT2D eigenvalue weighted by Gasteiger charge is 2.45. The van der Waals surface area contributed by atoms with E-state index >= 15 is 0 Å². The Labute approximate surface area is 190 Å². The average Bonchev–Trinajstić information content (AvgIpc) is 3.41. The molecule has 0 aliphatic heterocycles. The first-order valence-corrected chi connectivity index (χ1v) is 11.3. The second kappa shape index (κ2) is 7.58. The van der Waals surface area contributed by atoms with Crippen molar-refractivity contribution in [1.82, 2.24) is 9.78 Å². The summed E-state index contributed by atoms with van der Waals surface area (Å²) in [7, 11) is 0. The van der Waals surface area contributed by atoms with Gasteiger partial charge in [-0.05, 0) is 59.0 Å². The van der Waals surface area contributed by atoms with Crippen molar-refractivity contribution in [2.45, 2.75) is 30.9 Å². The minimum atomic E-state index is -0.645. The maximum Gasteiger partial charge on any atom is 0.214 e. The Morgan fingerprint density at radius 3 is 1.63 bits per heavy atom. The number of aromatic nitrogens is 2. The molecule has 0 atom stereocenters. The van der Waals surface area contributed by atoms with Crippen LogP contribution < -0.4 is 4.74 Å². The normalized spacial score (nSPS) is 15.0. The van der Waals surface area contributed by atoms with Crippen molar-refractivity contribution in [3.8, 4) is 5.88 Å². The van der Waals surface area contributed by atoms with E-state index in [0.29, 0.717) is 0 Å². The Morgan fingerprint density at radius 1 is 0.800 bits per heavy atom. The zero-order valence-electron chi connectivity index (χ0n) is 16.8. The van der Waals surface area contributed by atoms with Gasteiger partial charge in [-0.2, -0.15) is 5.10 Å². The molecule has 0 unspecified atom stereocenters. The first-order chi connectivity index (χ1) is 14.6. The number of ether oxygens (including phenoxy) is 1. The number of hydrogen-bond donors (Lipinski definition) is 0. The van der Waals surface area contributed by atoms with Crippen LogP contribution in [-0.4, -0.2) is 15.4 Å². The molecule has 30 heavy (non-hydrogen) atoms. The standard InChI is InChI=1S/C26H23IN2O/c1-25(17-18-25)30-24-19-23(27)28-29(24)26(20-11-5-2-6-12-20,21-13-7-3-8-14-21)22-15-9-4-10-16-22/h2-16,19H,17-18H2,1H3. The van der Waals surface area contributed by atoms with E-state index in [-0.39, 0.29) is 5.60 Å². The van der Waals surface area contributed by atoms with E-state index in [1.54, 1.807) is 0 Å². The molecule has 1 fully saturated rings. The van der Waals surface area contributed by atoms with Crippen molar-refractivity contribution >= 4 is 22.6 Å². The fraction of sp³-hybridized carbons (Fsp3) is 0.192. The van der Waals surface area contributed by atoms with Gasteiger partial charge in [-0.15, -0.1) is 0 Å². The summed E-state index contributed by atoms with van der Waals surface area (Å²) in [6.07, 6.45) is 2.15. The highest BCUT2D eigenvalue weighted by molar-refractivity contribution is 14.1. The molecule has 1 aliphatic carbocycles. The van der Waals surface area contributed by atoms with Crippen LogP contribution in [0, 0.1) is 3.70 Å². The van der Waals surface area contributed by atoms with Gasteiger partial charge in [0.05, 0.1) is 0 Å².